The Bertz CT molecular complexity index is 949. The van der Waals surface area contributed by atoms with Crippen LogP contribution in [0.4, 0.5) is 10.1 Å². The first-order chi connectivity index (χ1) is 13.0. The lowest BCUT2D eigenvalue weighted by Gasteiger charge is -2.30. The molecule has 1 heterocycles. The molecular formula is C18H13FN4O3S. The van der Waals surface area contributed by atoms with E-state index >= 15 is 0 Å². The number of hydrogen-bond acceptors (Lipinski definition) is 5. The molecule has 1 aliphatic rings. The summed E-state index contributed by atoms with van der Waals surface area (Å²) < 4.78 is 13.2. The van der Waals surface area contributed by atoms with Gasteiger partial charge < -0.3 is 5.32 Å². The van der Waals surface area contributed by atoms with Crippen molar-refractivity contribution in [2.75, 3.05) is 4.90 Å². The number of thiocarbonyl (C=S) groups is 1. The Hall–Kier alpha value is -3.46. The molecule has 0 spiro atoms. The molecule has 2 N–H and O–H groups in total. The Morgan fingerprint density at radius 3 is 2.63 bits per heavy atom. The van der Waals surface area contributed by atoms with Gasteiger partial charge in [0.1, 0.15) is 5.82 Å². The minimum absolute atomic E-state index is 0.0374. The van der Waals surface area contributed by atoms with E-state index in [1.165, 1.54) is 23.1 Å². The lowest BCUT2D eigenvalue weighted by Crippen LogP contribution is -2.58. The second-order valence-corrected chi connectivity index (χ2v) is 5.90. The normalized spacial score (nSPS) is 17.1. The summed E-state index contributed by atoms with van der Waals surface area (Å²) in [6.45, 7) is 0. The first kappa shape index (κ1) is 18.3. The highest BCUT2D eigenvalue weighted by molar-refractivity contribution is 7.80. The van der Waals surface area contributed by atoms with E-state index in [0.717, 1.165) is 12.3 Å². The molecule has 3 amide bonds. The van der Waals surface area contributed by atoms with Crippen LogP contribution in [0.2, 0.25) is 0 Å². The van der Waals surface area contributed by atoms with Gasteiger partial charge in [-0.15, -0.1) is 0 Å². The standard InChI is InChI=1S/C18H13FN4O3S/c19-12-6-4-5-11(9-12)15(24)22-20-10-14-16(25)21-18(27)23(17(14)26)13-7-2-1-3-8-13/h1-10,14H,(H,22,24)(H,21,25,27)/b20-10-/t14-/m1/s1. The number of amides is 3. The average Bonchev–Trinajstić information content (AvgIpc) is 2.65. The van der Waals surface area contributed by atoms with E-state index < -0.39 is 29.5 Å². The van der Waals surface area contributed by atoms with Crippen LogP contribution in [0.1, 0.15) is 10.4 Å². The van der Waals surface area contributed by atoms with Crippen LogP contribution in [-0.2, 0) is 9.59 Å². The van der Waals surface area contributed by atoms with Gasteiger partial charge >= 0.3 is 0 Å². The van der Waals surface area contributed by atoms with Crippen molar-refractivity contribution in [3.05, 3.63) is 66.0 Å². The van der Waals surface area contributed by atoms with E-state index in [2.05, 4.69) is 15.8 Å². The van der Waals surface area contributed by atoms with Crippen molar-refractivity contribution in [1.29, 1.82) is 0 Å². The van der Waals surface area contributed by atoms with Gasteiger partial charge in [-0.3, -0.25) is 19.3 Å². The van der Waals surface area contributed by atoms with Gasteiger partial charge in [0.05, 0.1) is 5.69 Å². The van der Waals surface area contributed by atoms with Crippen LogP contribution in [0.5, 0.6) is 0 Å². The zero-order valence-corrected chi connectivity index (χ0v) is 14.6. The number of para-hydroxylation sites is 1. The van der Waals surface area contributed by atoms with Gasteiger partial charge in [0, 0.05) is 11.8 Å². The quantitative estimate of drug-likeness (QED) is 0.363. The van der Waals surface area contributed by atoms with Gasteiger partial charge in [0.2, 0.25) is 5.91 Å². The van der Waals surface area contributed by atoms with Crippen LogP contribution in [-0.4, -0.2) is 29.0 Å². The lowest BCUT2D eigenvalue weighted by atomic mass is 10.1. The number of nitrogens with one attached hydrogen (secondary N) is 2. The molecule has 136 valence electrons. The molecule has 9 heteroatoms. The lowest BCUT2D eigenvalue weighted by molar-refractivity contribution is -0.130. The topological polar surface area (TPSA) is 90.9 Å². The van der Waals surface area contributed by atoms with Crippen molar-refractivity contribution in [3.8, 4) is 0 Å². The molecule has 0 bridgehead atoms. The number of halogens is 1. The van der Waals surface area contributed by atoms with Gasteiger partial charge in [0.25, 0.3) is 11.8 Å². The number of rotatable bonds is 4. The minimum atomic E-state index is -1.27. The summed E-state index contributed by atoms with van der Waals surface area (Å²) in [4.78, 5) is 37.9. The number of carbonyl (C=O) groups excluding carboxylic acids is 3. The van der Waals surface area contributed by atoms with Crippen molar-refractivity contribution < 1.29 is 18.8 Å². The molecule has 27 heavy (non-hydrogen) atoms. The molecule has 1 atom stereocenters. The largest absolute Gasteiger partial charge is 0.301 e. The van der Waals surface area contributed by atoms with Crippen LogP contribution < -0.4 is 15.6 Å². The molecule has 0 aromatic heterocycles. The molecule has 0 saturated carbocycles. The molecule has 1 saturated heterocycles. The number of anilines is 1. The van der Waals surface area contributed by atoms with Crippen molar-refractivity contribution in [1.82, 2.24) is 10.7 Å². The molecule has 7 nitrogen and oxygen atoms in total. The first-order valence-corrected chi connectivity index (χ1v) is 8.21. The fraction of sp³-hybridized carbons (Fsp3) is 0.0556. The Balaban J connectivity index is 1.74. The molecule has 2 aromatic rings. The summed E-state index contributed by atoms with van der Waals surface area (Å²) in [5, 5.41) is 6.05. The summed E-state index contributed by atoms with van der Waals surface area (Å²) in [5.74, 6) is -3.77. The maximum absolute atomic E-state index is 13.2. The molecule has 0 aliphatic carbocycles. The number of carbonyl (C=O) groups is 3. The number of hydrogen-bond donors (Lipinski definition) is 2. The Morgan fingerprint density at radius 2 is 1.93 bits per heavy atom. The van der Waals surface area contributed by atoms with E-state index in [0.29, 0.717) is 5.69 Å². The predicted octanol–water partition coefficient (Wildman–Crippen LogP) is 1.61. The summed E-state index contributed by atoms with van der Waals surface area (Å²) in [6, 6.07) is 13.6. The highest BCUT2D eigenvalue weighted by atomic mass is 32.1. The smallest absolute Gasteiger partial charge is 0.271 e. The van der Waals surface area contributed by atoms with E-state index in [1.807, 2.05) is 0 Å². The molecule has 2 aromatic carbocycles. The zero-order chi connectivity index (χ0) is 19.4. The van der Waals surface area contributed by atoms with E-state index in [9.17, 15) is 18.8 Å². The maximum atomic E-state index is 13.2. The van der Waals surface area contributed by atoms with Gasteiger partial charge in [-0.05, 0) is 42.5 Å². The van der Waals surface area contributed by atoms with Crippen LogP contribution in [0.3, 0.4) is 0 Å². The van der Waals surface area contributed by atoms with Gasteiger partial charge in [-0.25, -0.2) is 9.82 Å². The fourth-order valence-corrected chi connectivity index (χ4v) is 2.70. The third-order valence-electron chi connectivity index (χ3n) is 3.69. The molecular weight excluding hydrogens is 371 g/mol. The number of nitrogens with zero attached hydrogens (tertiary/aromatic N) is 2. The Morgan fingerprint density at radius 1 is 1.19 bits per heavy atom. The highest BCUT2D eigenvalue weighted by Crippen LogP contribution is 2.19. The van der Waals surface area contributed by atoms with Gasteiger partial charge in [-0.2, -0.15) is 5.10 Å². The van der Waals surface area contributed by atoms with Crippen molar-refractivity contribution in [2.45, 2.75) is 0 Å². The molecule has 0 unspecified atom stereocenters. The van der Waals surface area contributed by atoms with Gasteiger partial charge in [0.15, 0.2) is 11.0 Å². The average molecular weight is 384 g/mol. The summed E-state index contributed by atoms with van der Waals surface area (Å²) in [7, 11) is 0. The van der Waals surface area contributed by atoms with Crippen molar-refractivity contribution in [3.63, 3.8) is 0 Å². The monoisotopic (exact) mass is 384 g/mol. The Kier molecular flexibility index (Phi) is 5.32. The summed E-state index contributed by atoms with van der Waals surface area (Å²) >= 11 is 5.07. The Labute approximate surface area is 158 Å². The molecule has 0 radical (unpaired) electrons. The van der Waals surface area contributed by atoms with E-state index in [4.69, 9.17) is 12.2 Å². The maximum Gasteiger partial charge on any atom is 0.271 e. The SMILES string of the molecule is O=C(N/N=C\[C@@H]1C(=O)NC(=S)N(c2ccccc2)C1=O)c1cccc(F)c1. The van der Waals surface area contributed by atoms with Gasteiger partial charge in [-0.1, -0.05) is 24.3 Å². The van der Waals surface area contributed by atoms with Crippen LogP contribution >= 0.6 is 12.2 Å². The molecule has 1 aliphatic heterocycles. The summed E-state index contributed by atoms with van der Waals surface area (Å²) in [5.41, 5.74) is 2.71. The van der Waals surface area contributed by atoms with E-state index in [-0.39, 0.29) is 10.7 Å². The molecule has 3 rings (SSSR count). The van der Waals surface area contributed by atoms with Crippen LogP contribution in [0.15, 0.2) is 59.7 Å². The molecule has 1 fully saturated rings. The second-order valence-electron chi connectivity index (χ2n) is 5.51. The third-order valence-corrected chi connectivity index (χ3v) is 3.98. The number of hydrazone groups is 1. The van der Waals surface area contributed by atoms with E-state index in [1.54, 1.807) is 30.3 Å². The predicted molar refractivity (Wildman–Crippen MR) is 101 cm³/mol. The zero-order valence-electron chi connectivity index (χ0n) is 13.8. The highest BCUT2D eigenvalue weighted by Gasteiger charge is 2.38. The second kappa shape index (κ2) is 7.83. The van der Waals surface area contributed by atoms with Crippen molar-refractivity contribution >= 4 is 47.0 Å². The fourth-order valence-electron chi connectivity index (χ4n) is 2.41. The number of benzene rings is 2. The first-order valence-electron chi connectivity index (χ1n) is 7.80. The third kappa shape index (κ3) is 4.04. The van der Waals surface area contributed by atoms with Crippen molar-refractivity contribution in [2.24, 2.45) is 11.0 Å². The summed E-state index contributed by atoms with van der Waals surface area (Å²) in [6.07, 6.45) is 1.01. The van der Waals surface area contributed by atoms with Crippen LogP contribution in [0.25, 0.3) is 0 Å². The minimum Gasteiger partial charge on any atom is -0.301 e. The van der Waals surface area contributed by atoms with Crippen LogP contribution in [0, 0.1) is 11.7 Å².